The van der Waals surface area contributed by atoms with Crippen LogP contribution in [-0.4, -0.2) is 12.1 Å². The van der Waals surface area contributed by atoms with E-state index in [0.29, 0.717) is 6.10 Å². The molecule has 0 N–H and O–H groups in total. The Balaban J connectivity index is 0.00000512. The van der Waals surface area contributed by atoms with Gasteiger partial charge >= 0.3 is 29.6 Å². The largest absolute Gasteiger partial charge is 1.00 e. The van der Waals surface area contributed by atoms with Gasteiger partial charge in [-0.05, 0) is 43.6 Å². The van der Waals surface area contributed by atoms with E-state index in [-0.39, 0.29) is 36.0 Å². The number of hydrogen-bond donors (Lipinski definition) is 0. The topological polar surface area (TPSA) is 49.4 Å². The first-order chi connectivity index (χ1) is 15.2. The van der Waals surface area contributed by atoms with Gasteiger partial charge in [0, 0.05) is 11.4 Å². The Hall–Kier alpha value is -1.03. The zero-order valence-electron chi connectivity index (χ0n) is 20.5. The average Bonchev–Trinajstić information content (AvgIpc) is 2.78. The predicted octanol–water partition coefficient (Wildman–Crippen LogP) is 4.21. The summed E-state index contributed by atoms with van der Waals surface area (Å²) in [6, 6.07) is 14.8. The number of ether oxygens (including phenoxy) is 1. The van der Waals surface area contributed by atoms with Gasteiger partial charge in [-0.1, -0.05) is 108 Å². The number of hydrogen-bond acceptors (Lipinski definition) is 3. The number of carboxylic acid groups (broad SMARTS) is 1. The van der Waals surface area contributed by atoms with Crippen LogP contribution in [0.2, 0.25) is 0 Å². The number of unbranched alkanes of at least 4 members (excludes halogenated alkanes) is 11. The van der Waals surface area contributed by atoms with Crippen LogP contribution in [0.3, 0.4) is 0 Å². The maximum absolute atomic E-state index is 10.3. The molecule has 1 atom stereocenters. The van der Waals surface area contributed by atoms with Crippen LogP contribution in [0, 0.1) is 0 Å². The third kappa shape index (κ3) is 12.3. The molecule has 0 saturated carbocycles. The zero-order chi connectivity index (χ0) is 22.2. The van der Waals surface area contributed by atoms with Crippen LogP contribution in [-0.2, 0) is 4.79 Å². The molecule has 0 heterocycles. The SMILES string of the molecule is CCC(CCCCCCCCCCCCCCC(=O)[O-])Oc1cccc2ccccc12.[Na+]. The molecule has 0 fully saturated rings. The van der Waals surface area contributed by atoms with Crippen molar-refractivity contribution in [1.29, 1.82) is 0 Å². The second-order valence-electron chi connectivity index (χ2n) is 8.78. The second-order valence-corrected chi connectivity index (χ2v) is 8.78. The number of carbonyl (C=O) groups is 1. The molecule has 3 nitrogen and oxygen atoms in total. The van der Waals surface area contributed by atoms with E-state index >= 15 is 0 Å². The van der Waals surface area contributed by atoms with Crippen LogP contribution >= 0.6 is 0 Å². The third-order valence-corrected chi connectivity index (χ3v) is 6.16. The van der Waals surface area contributed by atoms with Gasteiger partial charge in [0.1, 0.15) is 5.75 Å². The minimum atomic E-state index is -0.914. The molecule has 0 amide bonds. The van der Waals surface area contributed by atoms with Crippen LogP contribution in [0.15, 0.2) is 42.5 Å². The van der Waals surface area contributed by atoms with Gasteiger partial charge in [-0.3, -0.25) is 0 Å². The molecule has 0 spiro atoms. The molecule has 1 unspecified atom stereocenters. The molecular formula is C28H41NaO3. The number of aliphatic carboxylic acids is 1. The van der Waals surface area contributed by atoms with Gasteiger partial charge in [0.15, 0.2) is 0 Å². The first kappa shape index (κ1) is 29.0. The van der Waals surface area contributed by atoms with E-state index in [0.717, 1.165) is 37.9 Å². The molecule has 0 radical (unpaired) electrons. The van der Waals surface area contributed by atoms with Crippen molar-refractivity contribution >= 4 is 16.7 Å². The summed E-state index contributed by atoms with van der Waals surface area (Å²) in [7, 11) is 0. The van der Waals surface area contributed by atoms with Crippen molar-refractivity contribution in [1.82, 2.24) is 0 Å². The van der Waals surface area contributed by atoms with Gasteiger partial charge in [0.25, 0.3) is 0 Å². The molecule has 0 aliphatic rings. The quantitative estimate of drug-likeness (QED) is 0.254. The van der Waals surface area contributed by atoms with Crippen molar-refractivity contribution in [2.75, 3.05) is 0 Å². The number of fused-ring (bicyclic) bond motifs is 1. The summed E-state index contributed by atoms with van der Waals surface area (Å²) in [5.41, 5.74) is 0. The molecule has 4 heteroatoms. The maximum Gasteiger partial charge on any atom is 1.00 e. The summed E-state index contributed by atoms with van der Waals surface area (Å²) in [4.78, 5) is 10.3. The van der Waals surface area contributed by atoms with E-state index in [1.54, 1.807) is 0 Å². The summed E-state index contributed by atoms with van der Waals surface area (Å²) >= 11 is 0. The Kier molecular flexibility index (Phi) is 16.7. The minimum Gasteiger partial charge on any atom is -0.550 e. The first-order valence-electron chi connectivity index (χ1n) is 12.5. The van der Waals surface area contributed by atoms with E-state index in [9.17, 15) is 9.90 Å². The molecule has 0 saturated heterocycles. The standard InChI is InChI=1S/C28H42O3.Na/c1-2-25(31-27-22-17-19-24-18-15-16-21-26(24)27)20-13-11-9-7-5-3-4-6-8-10-12-14-23-28(29)30;/h15-19,21-22,25H,2-14,20,23H2,1H3,(H,29,30);/q;+1/p-1. The fourth-order valence-electron chi connectivity index (χ4n) is 4.23. The van der Waals surface area contributed by atoms with Crippen molar-refractivity contribution in [2.24, 2.45) is 0 Å². The summed E-state index contributed by atoms with van der Waals surface area (Å²) in [5.74, 6) is 0.103. The smallest absolute Gasteiger partial charge is 0.550 e. The van der Waals surface area contributed by atoms with Crippen molar-refractivity contribution < 1.29 is 44.2 Å². The van der Waals surface area contributed by atoms with Crippen LogP contribution < -0.4 is 39.4 Å². The monoisotopic (exact) mass is 448 g/mol. The molecule has 2 aromatic carbocycles. The molecule has 32 heavy (non-hydrogen) atoms. The van der Waals surface area contributed by atoms with Gasteiger partial charge in [-0.2, -0.15) is 0 Å². The number of rotatable bonds is 18. The molecule has 0 aliphatic heterocycles. The van der Waals surface area contributed by atoms with Gasteiger partial charge in [0.05, 0.1) is 6.10 Å². The van der Waals surface area contributed by atoms with Gasteiger partial charge < -0.3 is 14.6 Å². The van der Waals surface area contributed by atoms with Crippen LogP contribution in [0.5, 0.6) is 5.75 Å². The average molecular weight is 449 g/mol. The van der Waals surface area contributed by atoms with Crippen molar-refractivity contribution in [3.05, 3.63) is 42.5 Å². The molecular weight excluding hydrogens is 407 g/mol. The molecule has 2 rings (SSSR count). The molecule has 172 valence electrons. The number of carbonyl (C=O) groups excluding carboxylic acids is 1. The third-order valence-electron chi connectivity index (χ3n) is 6.16. The van der Waals surface area contributed by atoms with Crippen LogP contribution in [0.1, 0.15) is 103 Å². The first-order valence-corrected chi connectivity index (χ1v) is 12.5. The Morgan fingerprint density at radius 1 is 0.781 bits per heavy atom. The van der Waals surface area contributed by atoms with Crippen molar-refractivity contribution in [3.63, 3.8) is 0 Å². The fraction of sp³-hybridized carbons (Fsp3) is 0.607. The normalized spacial score (nSPS) is 11.8. The van der Waals surface area contributed by atoms with Crippen molar-refractivity contribution in [3.8, 4) is 5.75 Å². The number of carboxylic acids is 1. The second kappa shape index (κ2) is 18.4. The zero-order valence-corrected chi connectivity index (χ0v) is 22.5. The Labute approximate surface area is 217 Å². The van der Waals surface area contributed by atoms with Crippen LogP contribution in [0.25, 0.3) is 10.8 Å². The van der Waals surface area contributed by atoms with E-state index < -0.39 is 5.97 Å². The summed E-state index contributed by atoms with van der Waals surface area (Å²) in [6.45, 7) is 2.22. The van der Waals surface area contributed by atoms with Gasteiger partial charge in [-0.15, -0.1) is 0 Å². The van der Waals surface area contributed by atoms with Crippen molar-refractivity contribution in [2.45, 2.75) is 109 Å². The van der Waals surface area contributed by atoms with E-state index in [2.05, 4.69) is 49.4 Å². The number of benzene rings is 2. The molecule has 0 aromatic heterocycles. The van der Waals surface area contributed by atoms with Gasteiger partial charge in [0.2, 0.25) is 0 Å². The van der Waals surface area contributed by atoms with E-state index in [4.69, 9.17) is 4.74 Å². The molecule has 0 aliphatic carbocycles. The Bertz CT molecular complexity index is 741. The summed E-state index contributed by atoms with van der Waals surface area (Å²) < 4.78 is 6.36. The summed E-state index contributed by atoms with van der Waals surface area (Å²) in [6.07, 6.45) is 17.4. The minimum absolute atomic E-state index is 0. The Morgan fingerprint density at radius 2 is 1.31 bits per heavy atom. The fourth-order valence-corrected chi connectivity index (χ4v) is 4.23. The Morgan fingerprint density at radius 3 is 1.91 bits per heavy atom. The van der Waals surface area contributed by atoms with Gasteiger partial charge in [-0.25, -0.2) is 0 Å². The summed E-state index contributed by atoms with van der Waals surface area (Å²) in [5, 5.41) is 12.8. The maximum atomic E-state index is 10.3. The van der Waals surface area contributed by atoms with E-state index in [1.807, 2.05) is 0 Å². The van der Waals surface area contributed by atoms with Crippen LogP contribution in [0.4, 0.5) is 0 Å². The molecule has 2 aromatic rings. The molecule has 0 bridgehead atoms. The predicted molar refractivity (Wildman–Crippen MR) is 128 cm³/mol. The van der Waals surface area contributed by atoms with E-state index in [1.165, 1.54) is 68.6 Å².